The monoisotopic (exact) mass is 256 g/mol. The summed E-state index contributed by atoms with van der Waals surface area (Å²) in [6, 6.07) is 0. The molecule has 0 saturated carbocycles. The second kappa shape index (κ2) is 6.20. The Labute approximate surface area is 98.8 Å². The molecule has 7 heteroatoms. The number of alkyl halides is 3. The summed E-state index contributed by atoms with van der Waals surface area (Å²) < 4.78 is 36.0. The first-order chi connectivity index (χ1) is 7.60. The topological polar surface area (TPSA) is 52.6 Å². The van der Waals surface area contributed by atoms with Crippen LogP contribution in [0.1, 0.15) is 19.8 Å². The van der Waals surface area contributed by atoms with E-state index in [0.29, 0.717) is 6.42 Å². The molecule has 0 bridgehead atoms. The SMILES string of the molecule is CNC(C)(CCCN(C)CC(F)(F)F)C(=O)O. The summed E-state index contributed by atoms with van der Waals surface area (Å²) >= 11 is 0. The van der Waals surface area contributed by atoms with Gasteiger partial charge in [0, 0.05) is 0 Å². The van der Waals surface area contributed by atoms with E-state index in [1.54, 1.807) is 0 Å². The van der Waals surface area contributed by atoms with Gasteiger partial charge in [-0.1, -0.05) is 0 Å². The third kappa shape index (κ3) is 6.48. The second-order valence-electron chi connectivity index (χ2n) is 4.34. The predicted molar refractivity (Wildman–Crippen MR) is 57.9 cm³/mol. The van der Waals surface area contributed by atoms with Crippen LogP contribution in [0.3, 0.4) is 0 Å². The third-order valence-corrected chi connectivity index (χ3v) is 2.69. The van der Waals surface area contributed by atoms with Crippen molar-refractivity contribution in [1.82, 2.24) is 10.2 Å². The number of nitrogens with one attached hydrogen (secondary N) is 1. The summed E-state index contributed by atoms with van der Waals surface area (Å²) in [6.07, 6.45) is -3.55. The lowest BCUT2D eigenvalue weighted by Crippen LogP contribution is -2.48. The van der Waals surface area contributed by atoms with Crippen molar-refractivity contribution in [2.45, 2.75) is 31.5 Å². The van der Waals surface area contributed by atoms with Gasteiger partial charge in [0.15, 0.2) is 0 Å². The number of hydrogen-bond donors (Lipinski definition) is 2. The minimum absolute atomic E-state index is 0.212. The highest BCUT2D eigenvalue weighted by Gasteiger charge is 2.32. The molecule has 0 spiro atoms. The number of likely N-dealkylation sites (N-methyl/N-ethyl adjacent to an activating group) is 1. The average molecular weight is 256 g/mol. The summed E-state index contributed by atoms with van der Waals surface area (Å²) in [4.78, 5) is 12.0. The van der Waals surface area contributed by atoms with E-state index in [4.69, 9.17) is 5.11 Å². The molecule has 0 amide bonds. The fourth-order valence-corrected chi connectivity index (χ4v) is 1.43. The molecule has 17 heavy (non-hydrogen) atoms. The van der Waals surface area contributed by atoms with Crippen molar-refractivity contribution in [3.63, 3.8) is 0 Å². The van der Waals surface area contributed by atoms with Crippen LogP contribution < -0.4 is 5.32 Å². The Morgan fingerprint density at radius 2 is 1.94 bits per heavy atom. The highest BCUT2D eigenvalue weighted by atomic mass is 19.4. The zero-order chi connectivity index (χ0) is 13.7. The molecule has 0 rings (SSSR count). The molecule has 1 atom stereocenters. The Kier molecular flexibility index (Phi) is 5.91. The first kappa shape index (κ1) is 16.2. The van der Waals surface area contributed by atoms with E-state index in [9.17, 15) is 18.0 Å². The van der Waals surface area contributed by atoms with Crippen LogP contribution in [-0.2, 0) is 4.79 Å². The number of carboxylic acids is 1. The van der Waals surface area contributed by atoms with Gasteiger partial charge in [0.05, 0.1) is 6.54 Å². The predicted octanol–water partition coefficient (Wildman–Crippen LogP) is 1.32. The van der Waals surface area contributed by atoms with Crippen molar-refractivity contribution in [1.29, 1.82) is 0 Å². The largest absolute Gasteiger partial charge is 0.480 e. The van der Waals surface area contributed by atoms with E-state index < -0.39 is 24.2 Å². The molecule has 0 heterocycles. The highest BCUT2D eigenvalue weighted by Crippen LogP contribution is 2.17. The summed E-state index contributed by atoms with van der Waals surface area (Å²) in [7, 11) is 2.89. The minimum Gasteiger partial charge on any atom is -0.480 e. The molecule has 0 aromatic heterocycles. The Morgan fingerprint density at radius 1 is 1.41 bits per heavy atom. The van der Waals surface area contributed by atoms with E-state index in [-0.39, 0.29) is 13.0 Å². The molecule has 0 aromatic rings. The van der Waals surface area contributed by atoms with Crippen LogP contribution in [0.4, 0.5) is 13.2 Å². The van der Waals surface area contributed by atoms with Gasteiger partial charge in [-0.15, -0.1) is 0 Å². The summed E-state index contributed by atoms with van der Waals surface area (Å²) in [6.45, 7) is 0.749. The molecular formula is C10H19F3N2O2. The lowest BCUT2D eigenvalue weighted by atomic mass is 9.96. The molecule has 0 fully saturated rings. The Bertz CT molecular complexity index is 258. The van der Waals surface area contributed by atoms with Gasteiger partial charge < -0.3 is 10.4 Å². The van der Waals surface area contributed by atoms with Crippen molar-refractivity contribution in [2.24, 2.45) is 0 Å². The number of carbonyl (C=O) groups is 1. The molecule has 1 unspecified atom stereocenters. The second-order valence-corrected chi connectivity index (χ2v) is 4.34. The van der Waals surface area contributed by atoms with Gasteiger partial charge in [-0.05, 0) is 40.4 Å². The molecule has 0 aliphatic rings. The zero-order valence-electron chi connectivity index (χ0n) is 10.3. The summed E-state index contributed by atoms with van der Waals surface area (Å²) in [5.41, 5.74) is -1.08. The van der Waals surface area contributed by atoms with E-state index in [0.717, 1.165) is 4.90 Å². The first-order valence-electron chi connectivity index (χ1n) is 5.28. The molecule has 2 N–H and O–H groups in total. The van der Waals surface area contributed by atoms with Crippen LogP contribution >= 0.6 is 0 Å². The van der Waals surface area contributed by atoms with Gasteiger partial charge in [-0.2, -0.15) is 13.2 Å². The van der Waals surface area contributed by atoms with Crippen LogP contribution in [0.25, 0.3) is 0 Å². The molecule has 4 nitrogen and oxygen atoms in total. The Balaban J connectivity index is 4.02. The smallest absolute Gasteiger partial charge is 0.401 e. The molecule has 0 aliphatic heterocycles. The summed E-state index contributed by atoms with van der Waals surface area (Å²) in [5.74, 6) is -1.00. The lowest BCUT2D eigenvalue weighted by molar-refractivity contribution is -0.146. The van der Waals surface area contributed by atoms with Gasteiger partial charge in [-0.3, -0.25) is 9.69 Å². The Hall–Kier alpha value is -0.820. The van der Waals surface area contributed by atoms with E-state index in [1.807, 2.05) is 0 Å². The summed E-state index contributed by atoms with van der Waals surface area (Å²) in [5, 5.41) is 11.6. The van der Waals surface area contributed by atoms with Gasteiger partial charge in [-0.25, -0.2) is 0 Å². The van der Waals surface area contributed by atoms with Gasteiger partial charge >= 0.3 is 12.1 Å². The maximum Gasteiger partial charge on any atom is 0.401 e. The molecule has 0 aromatic carbocycles. The molecule has 0 saturated heterocycles. The number of aliphatic carboxylic acids is 1. The maximum atomic E-state index is 12.0. The van der Waals surface area contributed by atoms with E-state index >= 15 is 0 Å². The van der Waals surface area contributed by atoms with Crippen molar-refractivity contribution >= 4 is 5.97 Å². The quantitative estimate of drug-likeness (QED) is 0.721. The Morgan fingerprint density at radius 3 is 2.29 bits per heavy atom. The van der Waals surface area contributed by atoms with Gasteiger partial charge in [0.25, 0.3) is 0 Å². The number of nitrogens with zero attached hydrogens (tertiary/aromatic N) is 1. The van der Waals surface area contributed by atoms with Crippen LogP contribution in [0.15, 0.2) is 0 Å². The highest BCUT2D eigenvalue weighted by molar-refractivity contribution is 5.78. The normalized spacial score (nSPS) is 15.9. The maximum absolute atomic E-state index is 12.0. The standard InChI is InChI=1S/C10H19F3N2O2/c1-9(14-2,8(16)17)5-4-6-15(3)7-10(11,12)13/h14H,4-7H2,1-3H3,(H,16,17). The van der Waals surface area contributed by atoms with Crippen LogP contribution in [-0.4, -0.2) is 54.9 Å². The fraction of sp³-hybridized carbons (Fsp3) is 0.900. The minimum atomic E-state index is -4.21. The van der Waals surface area contributed by atoms with E-state index in [1.165, 1.54) is 21.0 Å². The van der Waals surface area contributed by atoms with Crippen LogP contribution in [0.2, 0.25) is 0 Å². The third-order valence-electron chi connectivity index (χ3n) is 2.69. The van der Waals surface area contributed by atoms with Crippen molar-refractivity contribution < 1.29 is 23.1 Å². The molecular weight excluding hydrogens is 237 g/mol. The average Bonchev–Trinajstić information content (AvgIpc) is 2.14. The molecule has 0 radical (unpaired) electrons. The van der Waals surface area contributed by atoms with Crippen molar-refractivity contribution in [3.05, 3.63) is 0 Å². The van der Waals surface area contributed by atoms with Crippen LogP contribution in [0, 0.1) is 0 Å². The van der Waals surface area contributed by atoms with E-state index in [2.05, 4.69) is 5.32 Å². The zero-order valence-corrected chi connectivity index (χ0v) is 10.3. The number of hydrogen-bond acceptors (Lipinski definition) is 3. The van der Waals surface area contributed by atoms with Crippen molar-refractivity contribution in [2.75, 3.05) is 27.2 Å². The molecule has 0 aliphatic carbocycles. The number of carboxylic acid groups (broad SMARTS) is 1. The van der Waals surface area contributed by atoms with Crippen LogP contribution in [0.5, 0.6) is 0 Å². The van der Waals surface area contributed by atoms with Gasteiger partial charge in [0.1, 0.15) is 5.54 Å². The fourth-order valence-electron chi connectivity index (χ4n) is 1.43. The number of halogens is 3. The lowest BCUT2D eigenvalue weighted by Gasteiger charge is -2.25. The molecule has 102 valence electrons. The number of rotatable bonds is 7. The van der Waals surface area contributed by atoms with Crippen molar-refractivity contribution in [3.8, 4) is 0 Å². The first-order valence-corrected chi connectivity index (χ1v) is 5.28. The van der Waals surface area contributed by atoms with Gasteiger partial charge in [0.2, 0.25) is 0 Å².